The SMILES string of the molecule is CCC(CC)OC1C=CC[C@H](NCc2ccc3occc3c2)[C@H]1NC(C)=O. The van der Waals surface area contributed by atoms with Gasteiger partial charge in [-0.05, 0) is 43.0 Å². The molecule has 1 unspecified atom stereocenters. The lowest BCUT2D eigenvalue weighted by molar-refractivity contribution is -0.121. The van der Waals surface area contributed by atoms with Gasteiger partial charge in [-0.15, -0.1) is 0 Å². The molecular weight excluding hydrogens is 340 g/mol. The monoisotopic (exact) mass is 370 g/mol. The van der Waals surface area contributed by atoms with Gasteiger partial charge in [0.1, 0.15) is 5.58 Å². The molecule has 0 saturated heterocycles. The van der Waals surface area contributed by atoms with Gasteiger partial charge in [-0.2, -0.15) is 0 Å². The molecule has 1 aliphatic rings. The highest BCUT2D eigenvalue weighted by Gasteiger charge is 2.32. The first-order valence-electron chi connectivity index (χ1n) is 9.89. The third kappa shape index (κ3) is 4.99. The number of amides is 1. The minimum absolute atomic E-state index is 0.0277. The van der Waals surface area contributed by atoms with Crippen molar-refractivity contribution >= 4 is 16.9 Å². The number of carbonyl (C=O) groups excluding carboxylic acids is 1. The maximum Gasteiger partial charge on any atom is 0.217 e. The number of hydrogen-bond donors (Lipinski definition) is 2. The maximum atomic E-state index is 11.8. The zero-order valence-corrected chi connectivity index (χ0v) is 16.4. The van der Waals surface area contributed by atoms with Crippen molar-refractivity contribution in [3.63, 3.8) is 0 Å². The van der Waals surface area contributed by atoms with Gasteiger partial charge in [0.25, 0.3) is 0 Å². The standard InChI is InChI=1S/C22H30N2O3/c1-4-18(5-2)27-21-8-6-7-19(22(21)24-15(3)25)23-14-16-9-10-20-17(13-16)11-12-26-20/h6,8-13,18-19,21-23H,4-5,7,14H2,1-3H3,(H,24,25)/t19-,21?,22+/m0/s1. The summed E-state index contributed by atoms with van der Waals surface area (Å²) in [5.74, 6) is -0.0277. The molecular formula is C22H30N2O3. The van der Waals surface area contributed by atoms with Crippen molar-refractivity contribution in [2.75, 3.05) is 0 Å². The van der Waals surface area contributed by atoms with Crippen LogP contribution < -0.4 is 10.6 Å². The largest absolute Gasteiger partial charge is 0.464 e. The van der Waals surface area contributed by atoms with Crippen molar-refractivity contribution in [3.05, 3.63) is 48.2 Å². The van der Waals surface area contributed by atoms with Gasteiger partial charge in [0.2, 0.25) is 5.91 Å². The van der Waals surface area contributed by atoms with E-state index < -0.39 is 0 Å². The molecule has 0 bridgehead atoms. The Bertz CT molecular complexity index is 779. The number of fused-ring (bicyclic) bond motifs is 1. The molecule has 0 aliphatic heterocycles. The summed E-state index contributed by atoms with van der Waals surface area (Å²) in [6.07, 6.45) is 8.85. The van der Waals surface area contributed by atoms with Gasteiger partial charge >= 0.3 is 0 Å². The molecule has 1 aliphatic carbocycles. The van der Waals surface area contributed by atoms with Crippen molar-refractivity contribution in [3.8, 4) is 0 Å². The van der Waals surface area contributed by atoms with E-state index in [9.17, 15) is 4.79 Å². The predicted molar refractivity (Wildman–Crippen MR) is 107 cm³/mol. The zero-order valence-electron chi connectivity index (χ0n) is 16.4. The predicted octanol–water partition coefficient (Wildman–Crippen LogP) is 3.93. The molecule has 2 N–H and O–H groups in total. The second-order valence-corrected chi connectivity index (χ2v) is 7.21. The van der Waals surface area contributed by atoms with Crippen LogP contribution in [0.25, 0.3) is 11.0 Å². The third-order valence-corrected chi connectivity index (χ3v) is 5.22. The Morgan fingerprint density at radius 2 is 2.11 bits per heavy atom. The molecule has 0 fully saturated rings. The summed E-state index contributed by atoms with van der Waals surface area (Å²) in [6, 6.07) is 8.22. The van der Waals surface area contributed by atoms with Gasteiger partial charge in [0, 0.05) is 24.9 Å². The number of rotatable bonds is 8. The van der Waals surface area contributed by atoms with E-state index in [-0.39, 0.29) is 30.2 Å². The summed E-state index contributed by atoms with van der Waals surface area (Å²) in [6.45, 7) is 6.57. The lowest BCUT2D eigenvalue weighted by Crippen LogP contribution is -2.57. The highest BCUT2D eigenvalue weighted by Crippen LogP contribution is 2.21. The highest BCUT2D eigenvalue weighted by molar-refractivity contribution is 5.77. The minimum atomic E-state index is -0.110. The Kier molecular flexibility index (Phi) is 6.69. The average Bonchev–Trinajstić information content (AvgIpc) is 3.13. The van der Waals surface area contributed by atoms with Crippen molar-refractivity contribution < 1.29 is 13.9 Å². The highest BCUT2D eigenvalue weighted by atomic mass is 16.5. The van der Waals surface area contributed by atoms with Crippen LogP contribution in [0, 0.1) is 0 Å². The molecule has 3 rings (SSSR count). The first kappa shape index (κ1) is 19.6. The molecule has 0 saturated carbocycles. The third-order valence-electron chi connectivity index (χ3n) is 5.22. The fraction of sp³-hybridized carbons (Fsp3) is 0.500. The van der Waals surface area contributed by atoms with Crippen LogP contribution in [-0.2, 0) is 16.1 Å². The molecule has 3 atom stereocenters. The van der Waals surface area contributed by atoms with E-state index in [2.05, 4.69) is 48.8 Å². The van der Waals surface area contributed by atoms with Crippen molar-refractivity contribution in [1.29, 1.82) is 0 Å². The van der Waals surface area contributed by atoms with E-state index in [1.165, 1.54) is 5.56 Å². The summed E-state index contributed by atoms with van der Waals surface area (Å²) in [5, 5.41) is 7.82. The smallest absolute Gasteiger partial charge is 0.217 e. The molecule has 1 aromatic heterocycles. The van der Waals surface area contributed by atoms with Crippen LogP contribution >= 0.6 is 0 Å². The summed E-state index contributed by atoms with van der Waals surface area (Å²) in [5.41, 5.74) is 2.09. The molecule has 5 heteroatoms. The lowest BCUT2D eigenvalue weighted by atomic mass is 9.92. The Labute approximate surface area is 161 Å². The number of hydrogen-bond acceptors (Lipinski definition) is 4. The summed E-state index contributed by atoms with van der Waals surface area (Å²) in [4.78, 5) is 11.8. The van der Waals surface area contributed by atoms with Crippen molar-refractivity contribution in [2.45, 2.75) is 70.9 Å². The average molecular weight is 370 g/mol. The van der Waals surface area contributed by atoms with Gasteiger partial charge < -0.3 is 19.8 Å². The molecule has 1 amide bonds. The summed E-state index contributed by atoms with van der Waals surface area (Å²) in [7, 11) is 0. The van der Waals surface area contributed by atoms with E-state index in [0.29, 0.717) is 0 Å². The van der Waals surface area contributed by atoms with E-state index in [1.807, 2.05) is 12.1 Å². The Balaban J connectivity index is 1.69. The van der Waals surface area contributed by atoms with E-state index in [0.717, 1.165) is 36.8 Å². The molecule has 2 aromatic rings. The van der Waals surface area contributed by atoms with E-state index in [4.69, 9.17) is 9.15 Å². The molecule has 27 heavy (non-hydrogen) atoms. The van der Waals surface area contributed by atoms with Crippen LogP contribution in [0.1, 0.15) is 45.6 Å². The minimum Gasteiger partial charge on any atom is -0.464 e. The van der Waals surface area contributed by atoms with E-state index in [1.54, 1.807) is 13.2 Å². The fourth-order valence-electron chi connectivity index (χ4n) is 3.69. The van der Waals surface area contributed by atoms with Crippen LogP contribution in [0.5, 0.6) is 0 Å². The Morgan fingerprint density at radius 3 is 2.85 bits per heavy atom. The summed E-state index contributed by atoms with van der Waals surface area (Å²) < 4.78 is 11.7. The number of benzene rings is 1. The Morgan fingerprint density at radius 1 is 1.30 bits per heavy atom. The van der Waals surface area contributed by atoms with Crippen LogP contribution in [0.3, 0.4) is 0 Å². The molecule has 0 spiro atoms. The zero-order chi connectivity index (χ0) is 19.2. The maximum absolute atomic E-state index is 11.8. The fourth-order valence-corrected chi connectivity index (χ4v) is 3.69. The number of furan rings is 1. The normalized spacial score (nSPS) is 22.4. The lowest BCUT2D eigenvalue weighted by Gasteiger charge is -2.37. The second kappa shape index (κ2) is 9.20. The quantitative estimate of drug-likeness (QED) is 0.691. The second-order valence-electron chi connectivity index (χ2n) is 7.21. The summed E-state index contributed by atoms with van der Waals surface area (Å²) >= 11 is 0. The number of ether oxygens (including phenoxy) is 1. The molecule has 1 aromatic carbocycles. The van der Waals surface area contributed by atoms with Crippen LogP contribution in [0.4, 0.5) is 0 Å². The van der Waals surface area contributed by atoms with Gasteiger partial charge in [0.05, 0.1) is 24.5 Å². The van der Waals surface area contributed by atoms with Gasteiger partial charge in [-0.25, -0.2) is 0 Å². The van der Waals surface area contributed by atoms with Crippen molar-refractivity contribution in [1.82, 2.24) is 10.6 Å². The van der Waals surface area contributed by atoms with Crippen LogP contribution in [0.15, 0.2) is 47.1 Å². The van der Waals surface area contributed by atoms with Crippen LogP contribution in [0.2, 0.25) is 0 Å². The topological polar surface area (TPSA) is 63.5 Å². The molecule has 5 nitrogen and oxygen atoms in total. The van der Waals surface area contributed by atoms with Crippen molar-refractivity contribution in [2.24, 2.45) is 0 Å². The van der Waals surface area contributed by atoms with Crippen LogP contribution in [-0.4, -0.2) is 30.2 Å². The Hall–Kier alpha value is -2.11. The van der Waals surface area contributed by atoms with Gasteiger partial charge in [0.15, 0.2) is 0 Å². The van der Waals surface area contributed by atoms with Gasteiger partial charge in [-0.3, -0.25) is 4.79 Å². The van der Waals surface area contributed by atoms with E-state index >= 15 is 0 Å². The molecule has 146 valence electrons. The molecule has 0 radical (unpaired) electrons. The first-order chi connectivity index (χ1) is 13.1. The molecule has 1 heterocycles. The first-order valence-corrected chi connectivity index (χ1v) is 9.89. The van der Waals surface area contributed by atoms with Gasteiger partial charge in [-0.1, -0.05) is 32.1 Å². The number of carbonyl (C=O) groups is 1. The number of nitrogens with one attached hydrogen (secondary N) is 2.